The van der Waals surface area contributed by atoms with Crippen LogP contribution < -0.4 is 0 Å². The molecule has 0 aromatic heterocycles. The van der Waals surface area contributed by atoms with Crippen LogP contribution in [0.2, 0.25) is 0 Å². The zero-order valence-electron chi connectivity index (χ0n) is 8.80. The summed E-state index contributed by atoms with van der Waals surface area (Å²) in [5.74, 6) is -1.54. The number of alkyl halides is 2. The van der Waals surface area contributed by atoms with Gasteiger partial charge in [0.05, 0.1) is 5.92 Å². The van der Waals surface area contributed by atoms with Crippen molar-refractivity contribution in [3.63, 3.8) is 0 Å². The topological polar surface area (TPSA) is 80.7 Å². The maximum atomic E-state index is 12.7. The van der Waals surface area contributed by atoms with Crippen LogP contribution in [0, 0.1) is 5.92 Å². The fourth-order valence-electron chi connectivity index (χ4n) is 1.35. The van der Waals surface area contributed by atoms with E-state index in [9.17, 15) is 22.0 Å². The third-order valence-corrected chi connectivity index (χ3v) is 3.19. The van der Waals surface area contributed by atoms with Crippen LogP contribution in [0.5, 0.6) is 0 Å². The van der Waals surface area contributed by atoms with Gasteiger partial charge in [0.1, 0.15) is 0 Å². The van der Waals surface area contributed by atoms with Crippen molar-refractivity contribution >= 4 is 16.1 Å². The van der Waals surface area contributed by atoms with Crippen molar-refractivity contribution < 1.29 is 31.3 Å². The molecule has 0 fully saturated rings. The molecule has 0 aliphatic heterocycles. The molecular formula is C9H12F2O5S. The summed E-state index contributed by atoms with van der Waals surface area (Å²) < 4.78 is 58.3. The molecule has 1 aliphatic carbocycles. The van der Waals surface area contributed by atoms with E-state index in [1.807, 2.05) is 0 Å². The molecule has 0 heterocycles. The zero-order valence-corrected chi connectivity index (χ0v) is 9.62. The van der Waals surface area contributed by atoms with Gasteiger partial charge in [0.2, 0.25) is 0 Å². The molecule has 1 atom stereocenters. The van der Waals surface area contributed by atoms with E-state index >= 15 is 0 Å². The molecule has 8 heteroatoms. The Bertz CT molecular complexity index is 415. The monoisotopic (exact) mass is 270 g/mol. The third-order valence-electron chi connectivity index (χ3n) is 2.32. The van der Waals surface area contributed by atoms with Gasteiger partial charge in [-0.2, -0.15) is 17.2 Å². The standard InChI is InChI=1S/C9H12F2O5S/c10-9(11,17(13,14)15)6-16-8(12)7-4-2-1-3-5-7/h2,4,7H,1,3,5-6H2,(H,13,14,15). The van der Waals surface area contributed by atoms with Crippen LogP contribution in [0.15, 0.2) is 12.2 Å². The van der Waals surface area contributed by atoms with Gasteiger partial charge in [-0.25, -0.2) is 0 Å². The van der Waals surface area contributed by atoms with Crippen molar-refractivity contribution in [1.82, 2.24) is 0 Å². The van der Waals surface area contributed by atoms with Crippen molar-refractivity contribution in [2.45, 2.75) is 24.5 Å². The average Bonchev–Trinajstić information content (AvgIpc) is 2.25. The predicted molar refractivity (Wildman–Crippen MR) is 53.9 cm³/mol. The molecule has 17 heavy (non-hydrogen) atoms. The normalized spacial score (nSPS) is 21.2. The number of carbonyl (C=O) groups is 1. The van der Waals surface area contributed by atoms with E-state index < -0.39 is 33.9 Å². The van der Waals surface area contributed by atoms with Crippen LogP contribution in [0.1, 0.15) is 19.3 Å². The van der Waals surface area contributed by atoms with Crippen molar-refractivity contribution in [1.29, 1.82) is 0 Å². The van der Waals surface area contributed by atoms with Crippen molar-refractivity contribution in [2.75, 3.05) is 6.61 Å². The molecule has 0 bridgehead atoms. The summed E-state index contributed by atoms with van der Waals surface area (Å²) in [7, 11) is -5.56. The zero-order chi connectivity index (χ0) is 13.1. The van der Waals surface area contributed by atoms with Gasteiger partial charge in [-0.1, -0.05) is 12.2 Å². The van der Waals surface area contributed by atoms with E-state index in [-0.39, 0.29) is 0 Å². The Labute approximate surface area is 97.2 Å². The average molecular weight is 270 g/mol. The minimum absolute atomic E-state index is 0.479. The Morgan fingerprint density at radius 2 is 2.18 bits per heavy atom. The highest BCUT2D eigenvalue weighted by Crippen LogP contribution is 2.23. The SMILES string of the molecule is O=C(OCC(F)(F)S(=O)(=O)O)C1C=CCCC1. The maximum absolute atomic E-state index is 12.7. The van der Waals surface area contributed by atoms with E-state index in [4.69, 9.17) is 4.55 Å². The highest BCUT2D eigenvalue weighted by Gasteiger charge is 2.45. The van der Waals surface area contributed by atoms with Gasteiger partial charge in [0.25, 0.3) is 0 Å². The minimum Gasteiger partial charge on any atom is -0.457 e. The molecule has 0 amide bonds. The molecule has 1 rings (SSSR count). The van der Waals surface area contributed by atoms with Crippen LogP contribution in [0.3, 0.4) is 0 Å². The first-order chi connectivity index (χ1) is 7.74. The summed E-state index contributed by atoms with van der Waals surface area (Å²) in [5.41, 5.74) is 0. The van der Waals surface area contributed by atoms with Crippen LogP contribution in [0.25, 0.3) is 0 Å². The number of hydrogen-bond donors (Lipinski definition) is 1. The number of halogens is 2. The minimum atomic E-state index is -5.56. The molecule has 0 spiro atoms. The van der Waals surface area contributed by atoms with Gasteiger partial charge in [-0.15, -0.1) is 0 Å². The van der Waals surface area contributed by atoms with Crippen LogP contribution >= 0.6 is 0 Å². The molecule has 0 aromatic carbocycles. The van der Waals surface area contributed by atoms with Gasteiger partial charge >= 0.3 is 21.3 Å². The first kappa shape index (κ1) is 14.0. The fourth-order valence-corrected chi connectivity index (χ4v) is 1.55. The van der Waals surface area contributed by atoms with Crippen LogP contribution in [0.4, 0.5) is 8.78 Å². The molecule has 0 radical (unpaired) electrons. The molecular weight excluding hydrogens is 258 g/mol. The number of esters is 1. The molecule has 0 aromatic rings. The number of rotatable bonds is 4. The van der Waals surface area contributed by atoms with Gasteiger partial charge < -0.3 is 4.74 Å². The Morgan fingerprint density at radius 3 is 2.65 bits per heavy atom. The molecule has 5 nitrogen and oxygen atoms in total. The highest BCUT2D eigenvalue weighted by atomic mass is 32.2. The Hall–Kier alpha value is -1.02. The van der Waals surface area contributed by atoms with E-state index in [0.717, 1.165) is 12.8 Å². The fraction of sp³-hybridized carbons (Fsp3) is 0.667. The number of hydrogen-bond acceptors (Lipinski definition) is 4. The van der Waals surface area contributed by atoms with Gasteiger partial charge in [0.15, 0.2) is 6.61 Å². The van der Waals surface area contributed by atoms with Crippen LogP contribution in [-0.4, -0.2) is 30.8 Å². The smallest absolute Gasteiger partial charge is 0.402 e. The van der Waals surface area contributed by atoms with Gasteiger partial charge in [-0.05, 0) is 19.3 Å². The van der Waals surface area contributed by atoms with E-state index in [1.165, 1.54) is 6.08 Å². The second kappa shape index (κ2) is 5.09. The van der Waals surface area contributed by atoms with Crippen molar-refractivity contribution in [2.24, 2.45) is 5.92 Å². The van der Waals surface area contributed by atoms with Crippen molar-refractivity contribution in [3.05, 3.63) is 12.2 Å². The maximum Gasteiger partial charge on any atom is 0.402 e. The third kappa shape index (κ3) is 3.74. The molecule has 1 N–H and O–H groups in total. The van der Waals surface area contributed by atoms with E-state index in [2.05, 4.69) is 4.74 Å². The predicted octanol–water partition coefficient (Wildman–Crippen LogP) is 1.37. The molecule has 0 saturated heterocycles. The Morgan fingerprint density at radius 1 is 1.53 bits per heavy atom. The first-order valence-electron chi connectivity index (χ1n) is 4.92. The second-order valence-corrected chi connectivity index (χ2v) is 5.23. The second-order valence-electron chi connectivity index (χ2n) is 3.69. The highest BCUT2D eigenvalue weighted by molar-refractivity contribution is 7.86. The quantitative estimate of drug-likeness (QED) is 0.474. The lowest BCUT2D eigenvalue weighted by atomic mass is 9.96. The summed E-state index contributed by atoms with van der Waals surface area (Å²) in [6, 6.07) is 0. The van der Waals surface area contributed by atoms with Gasteiger partial charge in [0, 0.05) is 0 Å². The van der Waals surface area contributed by atoms with Crippen LogP contribution in [-0.2, 0) is 19.6 Å². The summed E-state index contributed by atoms with van der Waals surface area (Å²) >= 11 is 0. The molecule has 1 aliphatic rings. The first-order valence-corrected chi connectivity index (χ1v) is 6.36. The van der Waals surface area contributed by atoms with Gasteiger partial charge in [-0.3, -0.25) is 9.35 Å². The largest absolute Gasteiger partial charge is 0.457 e. The van der Waals surface area contributed by atoms with Crippen molar-refractivity contribution in [3.8, 4) is 0 Å². The molecule has 98 valence electrons. The summed E-state index contributed by atoms with van der Waals surface area (Å²) in [6.45, 7) is -1.67. The molecule has 1 unspecified atom stereocenters. The van der Waals surface area contributed by atoms with E-state index in [0.29, 0.717) is 6.42 Å². The number of carbonyl (C=O) groups excluding carboxylic acids is 1. The number of allylic oxidation sites excluding steroid dienone is 1. The number of ether oxygens (including phenoxy) is 1. The molecule has 0 saturated carbocycles. The Kier molecular flexibility index (Phi) is 4.21. The Balaban J connectivity index is 2.54. The summed E-state index contributed by atoms with van der Waals surface area (Å²) in [5, 5.41) is -4.47. The van der Waals surface area contributed by atoms with E-state index in [1.54, 1.807) is 6.08 Å². The summed E-state index contributed by atoms with van der Waals surface area (Å²) in [4.78, 5) is 11.3. The lowest BCUT2D eigenvalue weighted by Gasteiger charge is -2.17. The summed E-state index contributed by atoms with van der Waals surface area (Å²) in [6.07, 6.45) is 5.30. The lowest BCUT2D eigenvalue weighted by molar-refractivity contribution is -0.153. The lowest BCUT2D eigenvalue weighted by Crippen LogP contribution is -2.35.